The summed E-state index contributed by atoms with van der Waals surface area (Å²) in [6, 6.07) is 6.40. The molecule has 20 heavy (non-hydrogen) atoms. The molecular formula is C13H15N5O2. The number of nitrogens with zero attached hydrogens (tertiary/aromatic N) is 2. The van der Waals surface area contributed by atoms with Crippen molar-refractivity contribution < 1.29 is 9.32 Å². The standard InChI is InChI=1S/C13H15N5O2/c14-12(19)16-9-4-1-3-8(7-9)10-17-11(18-20-10)13(15)5-2-6-13/h1,3-4,7H,2,5-6,15H2,(H3,14,16,19). The van der Waals surface area contributed by atoms with E-state index in [9.17, 15) is 4.79 Å². The van der Waals surface area contributed by atoms with E-state index < -0.39 is 11.6 Å². The number of benzene rings is 1. The zero-order valence-corrected chi connectivity index (χ0v) is 10.8. The lowest BCUT2D eigenvalue weighted by molar-refractivity contribution is 0.229. The van der Waals surface area contributed by atoms with Crippen LogP contribution in [0.15, 0.2) is 28.8 Å². The van der Waals surface area contributed by atoms with Gasteiger partial charge in [-0.05, 0) is 37.5 Å². The number of amides is 2. The molecule has 0 spiro atoms. The first-order valence-corrected chi connectivity index (χ1v) is 6.37. The van der Waals surface area contributed by atoms with Gasteiger partial charge in [0.1, 0.15) is 0 Å². The quantitative estimate of drug-likeness (QED) is 0.783. The number of primary amides is 1. The molecule has 1 aromatic carbocycles. The summed E-state index contributed by atoms with van der Waals surface area (Å²) in [7, 11) is 0. The van der Waals surface area contributed by atoms with Crippen LogP contribution >= 0.6 is 0 Å². The molecule has 0 bridgehead atoms. The van der Waals surface area contributed by atoms with Gasteiger partial charge in [0.2, 0.25) is 0 Å². The monoisotopic (exact) mass is 273 g/mol. The number of hydrogen-bond acceptors (Lipinski definition) is 5. The lowest BCUT2D eigenvalue weighted by atomic mass is 9.77. The molecule has 0 unspecified atom stereocenters. The molecule has 1 fully saturated rings. The van der Waals surface area contributed by atoms with Crippen molar-refractivity contribution in [3.05, 3.63) is 30.1 Å². The van der Waals surface area contributed by atoms with E-state index >= 15 is 0 Å². The van der Waals surface area contributed by atoms with E-state index in [1.165, 1.54) is 0 Å². The van der Waals surface area contributed by atoms with Crippen LogP contribution in [0.5, 0.6) is 0 Å². The number of carbonyl (C=O) groups excluding carboxylic acids is 1. The first-order chi connectivity index (χ1) is 9.57. The highest BCUT2D eigenvalue weighted by Crippen LogP contribution is 2.37. The number of carbonyl (C=O) groups is 1. The summed E-state index contributed by atoms with van der Waals surface area (Å²) >= 11 is 0. The van der Waals surface area contributed by atoms with Crippen molar-refractivity contribution in [1.82, 2.24) is 10.1 Å². The maximum absolute atomic E-state index is 10.8. The van der Waals surface area contributed by atoms with Gasteiger partial charge in [-0.15, -0.1) is 0 Å². The fourth-order valence-electron chi connectivity index (χ4n) is 2.20. The minimum atomic E-state index is -0.622. The molecule has 1 aliphatic carbocycles. The molecule has 0 saturated heterocycles. The van der Waals surface area contributed by atoms with E-state index in [1.807, 2.05) is 6.07 Å². The predicted molar refractivity (Wildman–Crippen MR) is 72.7 cm³/mol. The summed E-state index contributed by atoms with van der Waals surface area (Å²) in [6.07, 6.45) is 2.82. The van der Waals surface area contributed by atoms with E-state index in [4.69, 9.17) is 16.0 Å². The van der Waals surface area contributed by atoms with Crippen molar-refractivity contribution >= 4 is 11.7 Å². The number of nitrogens with one attached hydrogen (secondary N) is 1. The molecule has 0 radical (unpaired) electrons. The third-order valence-electron chi connectivity index (χ3n) is 3.49. The highest BCUT2D eigenvalue weighted by Gasteiger charge is 2.39. The Morgan fingerprint density at radius 2 is 2.20 bits per heavy atom. The molecule has 1 aromatic heterocycles. The van der Waals surface area contributed by atoms with Gasteiger partial charge >= 0.3 is 6.03 Å². The van der Waals surface area contributed by atoms with Crippen molar-refractivity contribution in [1.29, 1.82) is 0 Å². The Labute approximate surface area is 115 Å². The summed E-state index contributed by atoms with van der Waals surface area (Å²) in [5.41, 5.74) is 12.1. The Bertz CT molecular complexity index is 648. The molecule has 2 aromatic rings. The minimum absolute atomic E-state index is 0.379. The van der Waals surface area contributed by atoms with Gasteiger partial charge in [0, 0.05) is 11.3 Å². The van der Waals surface area contributed by atoms with Gasteiger partial charge in [0.25, 0.3) is 5.89 Å². The van der Waals surface area contributed by atoms with Gasteiger partial charge in [0.15, 0.2) is 5.82 Å². The van der Waals surface area contributed by atoms with Crippen molar-refractivity contribution in [2.45, 2.75) is 24.8 Å². The molecular weight excluding hydrogens is 258 g/mol. The van der Waals surface area contributed by atoms with Gasteiger partial charge in [-0.1, -0.05) is 11.2 Å². The number of nitrogens with two attached hydrogens (primary N) is 2. The summed E-state index contributed by atoms with van der Waals surface area (Å²) in [5, 5.41) is 6.45. The third kappa shape index (κ3) is 2.23. The van der Waals surface area contributed by atoms with Crippen LogP contribution in [-0.2, 0) is 5.54 Å². The number of anilines is 1. The average Bonchev–Trinajstić information content (AvgIpc) is 2.85. The van der Waals surface area contributed by atoms with Crippen molar-refractivity contribution in [2.75, 3.05) is 5.32 Å². The third-order valence-corrected chi connectivity index (χ3v) is 3.49. The molecule has 7 heteroatoms. The molecule has 2 amide bonds. The van der Waals surface area contributed by atoms with Crippen LogP contribution in [0.4, 0.5) is 10.5 Å². The van der Waals surface area contributed by atoms with Gasteiger partial charge in [-0.25, -0.2) is 4.79 Å². The van der Waals surface area contributed by atoms with Crippen molar-refractivity contribution in [3.8, 4) is 11.5 Å². The van der Waals surface area contributed by atoms with E-state index in [1.54, 1.807) is 18.2 Å². The van der Waals surface area contributed by atoms with Crippen LogP contribution in [0.3, 0.4) is 0 Å². The van der Waals surface area contributed by atoms with E-state index in [0.29, 0.717) is 23.0 Å². The molecule has 7 nitrogen and oxygen atoms in total. The lowest BCUT2D eigenvalue weighted by Gasteiger charge is -2.34. The highest BCUT2D eigenvalue weighted by atomic mass is 16.5. The SMILES string of the molecule is NC(=O)Nc1cccc(-c2nc(C3(N)CCC3)no2)c1. The number of aromatic nitrogens is 2. The second-order valence-electron chi connectivity index (χ2n) is 5.00. The van der Waals surface area contributed by atoms with Gasteiger partial charge in [-0.3, -0.25) is 0 Å². The Balaban J connectivity index is 1.87. The minimum Gasteiger partial charge on any atom is -0.351 e. The fourth-order valence-corrected chi connectivity index (χ4v) is 2.20. The van der Waals surface area contributed by atoms with Gasteiger partial charge in [0.05, 0.1) is 5.54 Å². The molecule has 1 saturated carbocycles. The predicted octanol–water partition coefficient (Wildman–Crippen LogP) is 1.57. The Hall–Kier alpha value is -2.41. The summed E-state index contributed by atoms with van der Waals surface area (Å²) in [5.74, 6) is 0.914. The number of hydrogen-bond donors (Lipinski definition) is 3. The second kappa shape index (κ2) is 4.61. The van der Waals surface area contributed by atoms with Gasteiger partial charge in [-0.2, -0.15) is 4.98 Å². The van der Waals surface area contributed by atoms with Crippen LogP contribution in [0.2, 0.25) is 0 Å². The first-order valence-electron chi connectivity index (χ1n) is 6.37. The lowest BCUT2D eigenvalue weighted by Crippen LogP contribution is -2.44. The van der Waals surface area contributed by atoms with E-state index in [0.717, 1.165) is 19.3 Å². The normalized spacial score (nSPS) is 16.4. The van der Waals surface area contributed by atoms with Crippen LogP contribution in [0.25, 0.3) is 11.5 Å². The van der Waals surface area contributed by atoms with Crippen molar-refractivity contribution in [3.63, 3.8) is 0 Å². The summed E-state index contributed by atoms with van der Waals surface area (Å²) in [6.45, 7) is 0. The van der Waals surface area contributed by atoms with Crippen LogP contribution in [0, 0.1) is 0 Å². The zero-order valence-electron chi connectivity index (χ0n) is 10.8. The topological polar surface area (TPSA) is 120 Å². The zero-order chi connectivity index (χ0) is 14.2. The summed E-state index contributed by atoms with van der Waals surface area (Å²) in [4.78, 5) is 15.2. The number of rotatable bonds is 3. The average molecular weight is 273 g/mol. The molecule has 3 rings (SSSR count). The van der Waals surface area contributed by atoms with E-state index in [2.05, 4.69) is 15.5 Å². The maximum Gasteiger partial charge on any atom is 0.316 e. The smallest absolute Gasteiger partial charge is 0.316 e. The molecule has 1 heterocycles. The van der Waals surface area contributed by atoms with Crippen LogP contribution in [0.1, 0.15) is 25.1 Å². The summed E-state index contributed by atoms with van der Waals surface area (Å²) < 4.78 is 5.25. The maximum atomic E-state index is 10.8. The Morgan fingerprint density at radius 1 is 1.40 bits per heavy atom. The van der Waals surface area contributed by atoms with Crippen LogP contribution < -0.4 is 16.8 Å². The first kappa shape index (κ1) is 12.6. The largest absolute Gasteiger partial charge is 0.351 e. The molecule has 0 atom stereocenters. The van der Waals surface area contributed by atoms with E-state index in [-0.39, 0.29) is 0 Å². The Morgan fingerprint density at radius 3 is 2.85 bits per heavy atom. The van der Waals surface area contributed by atoms with Gasteiger partial charge < -0.3 is 21.3 Å². The Kier molecular flexibility index (Phi) is 2.90. The molecule has 104 valence electrons. The molecule has 0 aliphatic heterocycles. The molecule has 5 N–H and O–H groups in total. The highest BCUT2D eigenvalue weighted by molar-refractivity contribution is 5.88. The fraction of sp³-hybridized carbons (Fsp3) is 0.308. The molecule has 1 aliphatic rings. The number of urea groups is 1. The second-order valence-corrected chi connectivity index (χ2v) is 5.00. The van der Waals surface area contributed by atoms with Crippen molar-refractivity contribution in [2.24, 2.45) is 11.5 Å². The van der Waals surface area contributed by atoms with Crippen LogP contribution in [-0.4, -0.2) is 16.2 Å².